The first-order chi connectivity index (χ1) is 10.9. The van der Waals surface area contributed by atoms with E-state index in [1.54, 1.807) is 6.07 Å². The maximum absolute atomic E-state index is 5.95. The summed E-state index contributed by atoms with van der Waals surface area (Å²) in [7, 11) is -0.504. The minimum atomic E-state index is -0.504. The fourth-order valence-corrected chi connectivity index (χ4v) is 2.23. The topological polar surface area (TPSA) is 53.5 Å². The number of nitrogens with zero attached hydrogens (tertiary/aromatic N) is 2. The average molecular weight is 312 g/mol. The Bertz CT molecular complexity index is 643. The first-order valence-electron chi connectivity index (χ1n) is 7.73. The van der Waals surface area contributed by atoms with Crippen LogP contribution < -0.4 is 10.3 Å². The summed E-state index contributed by atoms with van der Waals surface area (Å²) >= 11 is 0. The van der Waals surface area contributed by atoms with Gasteiger partial charge in [-0.15, -0.1) is 5.10 Å². The van der Waals surface area contributed by atoms with Gasteiger partial charge in [-0.25, -0.2) is 0 Å². The molecule has 0 saturated carbocycles. The van der Waals surface area contributed by atoms with E-state index in [0.717, 1.165) is 5.56 Å². The molecule has 6 heteroatoms. The van der Waals surface area contributed by atoms with Crippen LogP contribution in [0.5, 0.6) is 5.88 Å². The lowest BCUT2D eigenvalue weighted by molar-refractivity contribution is 0.00578. The van der Waals surface area contributed by atoms with Crippen LogP contribution in [0.4, 0.5) is 0 Å². The Morgan fingerprint density at radius 3 is 2.13 bits per heavy atom. The Labute approximate surface area is 137 Å². The lowest BCUT2D eigenvalue weighted by Crippen LogP contribution is -2.41. The molecule has 5 nitrogen and oxygen atoms in total. The van der Waals surface area contributed by atoms with Gasteiger partial charge in [0.2, 0.25) is 5.88 Å². The lowest BCUT2D eigenvalue weighted by atomic mass is 9.85. The number of ether oxygens (including phenoxy) is 1. The van der Waals surface area contributed by atoms with E-state index < -0.39 is 7.12 Å². The Morgan fingerprint density at radius 1 is 0.913 bits per heavy atom. The van der Waals surface area contributed by atoms with Crippen molar-refractivity contribution in [3.8, 4) is 5.88 Å². The molecule has 0 unspecified atom stereocenters. The first kappa shape index (κ1) is 16.0. The van der Waals surface area contributed by atoms with Crippen molar-refractivity contribution in [3.05, 3.63) is 48.0 Å². The van der Waals surface area contributed by atoms with Crippen molar-refractivity contribution in [1.29, 1.82) is 0 Å². The van der Waals surface area contributed by atoms with Gasteiger partial charge in [-0.2, -0.15) is 5.10 Å². The monoisotopic (exact) mass is 312 g/mol. The second kappa shape index (κ2) is 5.94. The molecule has 2 aromatic rings. The highest BCUT2D eigenvalue weighted by Gasteiger charge is 2.52. The summed E-state index contributed by atoms with van der Waals surface area (Å²) in [6, 6.07) is 13.6. The lowest BCUT2D eigenvalue weighted by Gasteiger charge is -2.32. The van der Waals surface area contributed by atoms with Crippen molar-refractivity contribution in [3.63, 3.8) is 0 Å². The van der Waals surface area contributed by atoms with Crippen LogP contribution in [0.15, 0.2) is 42.5 Å². The molecule has 120 valence electrons. The average Bonchev–Trinajstić information content (AvgIpc) is 2.75. The molecule has 1 saturated heterocycles. The van der Waals surface area contributed by atoms with Crippen LogP contribution in [-0.2, 0) is 15.9 Å². The molecule has 0 bridgehead atoms. The van der Waals surface area contributed by atoms with E-state index in [1.165, 1.54) is 0 Å². The molecule has 1 aromatic heterocycles. The molecule has 0 spiro atoms. The Kier molecular flexibility index (Phi) is 4.12. The third-order valence-corrected chi connectivity index (χ3v) is 4.38. The predicted molar refractivity (Wildman–Crippen MR) is 88.5 cm³/mol. The summed E-state index contributed by atoms with van der Waals surface area (Å²) in [6.07, 6.45) is 0. The van der Waals surface area contributed by atoms with Gasteiger partial charge < -0.3 is 14.0 Å². The quantitative estimate of drug-likeness (QED) is 0.811. The first-order valence-corrected chi connectivity index (χ1v) is 7.73. The summed E-state index contributed by atoms with van der Waals surface area (Å²) in [5.41, 5.74) is 0.962. The van der Waals surface area contributed by atoms with Crippen molar-refractivity contribution in [2.75, 3.05) is 0 Å². The molecule has 0 atom stereocenters. The molecule has 1 aliphatic heterocycles. The third-order valence-electron chi connectivity index (χ3n) is 4.38. The van der Waals surface area contributed by atoms with Crippen LogP contribution in [0.3, 0.4) is 0 Å². The minimum absolute atomic E-state index is 0.387. The highest BCUT2D eigenvalue weighted by atomic mass is 16.7. The number of rotatable bonds is 4. The number of benzene rings is 1. The molecule has 23 heavy (non-hydrogen) atoms. The number of hydrogen-bond donors (Lipinski definition) is 0. The molecule has 1 aromatic carbocycles. The van der Waals surface area contributed by atoms with Crippen molar-refractivity contribution < 1.29 is 14.0 Å². The Morgan fingerprint density at radius 2 is 1.57 bits per heavy atom. The molecule has 1 fully saturated rings. The SMILES string of the molecule is CC1(C)OB(c2ccc(OCc3ccccc3)nn2)OC1(C)C. The zero-order valence-corrected chi connectivity index (χ0v) is 13.9. The highest BCUT2D eigenvalue weighted by Crippen LogP contribution is 2.36. The summed E-state index contributed by atoms with van der Waals surface area (Å²) in [5.74, 6) is 0.481. The fourth-order valence-electron chi connectivity index (χ4n) is 2.23. The van der Waals surface area contributed by atoms with Gasteiger partial charge in [0.1, 0.15) is 6.61 Å². The van der Waals surface area contributed by atoms with E-state index in [-0.39, 0.29) is 11.2 Å². The smallest absolute Gasteiger partial charge is 0.472 e. The zero-order valence-electron chi connectivity index (χ0n) is 13.9. The molecule has 0 N–H and O–H groups in total. The predicted octanol–water partition coefficient (Wildman–Crippen LogP) is 2.35. The number of aromatic nitrogens is 2. The molecule has 0 aliphatic carbocycles. The second-order valence-corrected chi connectivity index (χ2v) is 6.66. The van der Waals surface area contributed by atoms with Crippen LogP contribution in [0.1, 0.15) is 33.3 Å². The van der Waals surface area contributed by atoms with E-state index in [2.05, 4.69) is 10.2 Å². The highest BCUT2D eigenvalue weighted by molar-refractivity contribution is 6.61. The molecule has 0 amide bonds. The van der Waals surface area contributed by atoms with Crippen LogP contribution in [0.2, 0.25) is 0 Å². The maximum atomic E-state index is 5.95. The molecule has 1 aliphatic rings. The second-order valence-electron chi connectivity index (χ2n) is 6.66. The third kappa shape index (κ3) is 3.38. The van der Waals surface area contributed by atoms with Gasteiger partial charge in [0.05, 0.1) is 16.8 Å². The van der Waals surface area contributed by atoms with Crippen molar-refractivity contribution in [2.45, 2.75) is 45.5 Å². The van der Waals surface area contributed by atoms with Gasteiger partial charge in [-0.3, -0.25) is 0 Å². The maximum Gasteiger partial charge on any atom is 0.516 e. The van der Waals surface area contributed by atoms with E-state index in [9.17, 15) is 0 Å². The van der Waals surface area contributed by atoms with Crippen LogP contribution >= 0.6 is 0 Å². The molecule has 3 rings (SSSR count). The fraction of sp³-hybridized carbons (Fsp3) is 0.412. The normalized spacial score (nSPS) is 18.9. The summed E-state index contributed by atoms with van der Waals surface area (Å²) in [6.45, 7) is 8.51. The summed E-state index contributed by atoms with van der Waals surface area (Å²) in [5, 5.41) is 8.28. The van der Waals surface area contributed by atoms with Gasteiger partial charge in [-0.1, -0.05) is 30.3 Å². The van der Waals surface area contributed by atoms with Gasteiger partial charge in [0, 0.05) is 6.07 Å². The molecule has 2 heterocycles. The Balaban J connectivity index is 1.64. The summed E-state index contributed by atoms with van der Waals surface area (Å²) < 4.78 is 17.5. The standard InChI is InChI=1S/C17H21BN2O3/c1-16(2)17(3,4)23-18(22-16)14-10-11-15(20-19-14)21-12-13-8-6-5-7-9-13/h5-11H,12H2,1-4H3. The Hall–Kier alpha value is -1.92. The van der Waals surface area contributed by atoms with Gasteiger partial charge in [0.15, 0.2) is 0 Å². The van der Waals surface area contributed by atoms with Gasteiger partial charge in [-0.05, 0) is 39.3 Å². The number of hydrogen-bond acceptors (Lipinski definition) is 5. The summed E-state index contributed by atoms with van der Waals surface area (Å²) in [4.78, 5) is 0. The van der Waals surface area contributed by atoms with Gasteiger partial charge >= 0.3 is 7.12 Å². The van der Waals surface area contributed by atoms with Crippen LogP contribution in [0.25, 0.3) is 0 Å². The van der Waals surface area contributed by atoms with E-state index in [1.807, 2.05) is 64.1 Å². The van der Waals surface area contributed by atoms with Gasteiger partial charge in [0.25, 0.3) is 0 Å². The van der Waals surface area contributed by atoms with E-state index in [0.29, 0.717) is 18.1 Å². The molecule has 0 radical (unpaired) electrons. The van der Waals surface area contributed by atoms with Crippen molar-refractivity contribution in [1.82, 2.24) is 10.2 Å². The van der Waals surface area contributed by atoms with E-state index >= 15 is 0 Å². The molecular weight excluding hydrogens is 291 g/mol. The van der Waals surface area contributed by atoms with Crippen molar-refractivity contribution in [2.24, 2.45) is 0 Å². The van der Waals surface area contributed by atoms with Crippen molar-refractivity contribution >= 4 is 12.7 Å². The van der Waals surface area contributed by atoms with Crippen LogP contribution in [0, 0.1) is 0 Å². The molecular formula is C17H21BN2O3. The largest absolute Gasteiger partial charge is 0.516 e. The van der Waals surface area contributed by atoms with Crippen LogP contribution in [-0.4, -0.2) is 28.5 Å². The zero-order chi connectivity index (χ0) is 16.5. The minimum Gasteiger partial charge on any atom is -0.472 e. The van der Waals surface area contributed by atoms with E-state index in [4.69, 9.17) is 14.0 Å².